The predicted molar refractivity (Wildman–Crippen MR) is 438 cm³/mol. The molecule has 2 heterocycles. The minimum atomic E-state index is -0.108. The Morgan fingerprint density at radius 1 is 0.280 bits per heavy atom. The number of hydrogen-bond acceptors (Lipinski definition) is 2. The fraction of sp³-hybridized carbons (Fsp3) is 0.367. The first kappa shape index (κ1) is 69.1. The summed E-state index contributed by atoms with van der Waals surface area (Å²) in [6, 6.07) is 76.9. The van der Waals surface area contributed by atoms with Crippen LogP contribution in [0.3, 0.4) is 0 Å². The third-order valence-corrected chi connectivity index (χ3v) is 24.5. The summed E-state index contributed by atoms with van der Waals surface area (Å²) in [5.74, 6) is 0. The van der Waals surface area contributed by atoms with Gasteiger partial charge in [-0.3, -0.25) is 0 Å². The fourth-order valence-electron chi connectivity index (χ4n) is 17.8. The van der Waals surface area contributed by atoms with Gasteiger partial charge in [0.15, 0.2) is 0 Å². The smallest absolute Gasteiger partial charge is 0.136 e. The van der Waals surface area contributed by atoms with E-state index in [-0.39, 0.29) is 10.8 Å². The molecule has 12 aromatic rings. The molecule has 0 N–H and O–H groups in total. The van der Waals surface area contributed by atoms with Crippen molar-refractivity contribution in [1.82, 2.24) is 0 Å². The van der Waals surface area contributed by atoms with Crippen LogP contribution in [0.2, 0.25) is 0 Å². The van der Waals surface area contributed by atoms with E-state index in [1.54, 1.807) is 22.3 Å². The molecule has 0 fully saturated rings. The largest absolute Gasteiger partial charge is 0.456 e. The summed E-state index contributed by atoms with van der Waals surface area (Å²) in [5, 5.41) is 4.97. The Labute approximate surface area is 603 Å². The lowest BCUT2D eigenvalue weighted by Crippen LogP contribution is -2.25. The second-order valence-electron chi connectivity index (χ2n) is 30.5. The molecular formula is C98H108OS. The Bertz CT molecular complexity index is 4780. The zero-order valence-electron chi connectivity index (χ0n) is 61.2. The number of furan rings is 1. The molecule has 0 unspecified atom stereocenters. The first-order chi connectivity index (χ1) is 49.2. The average molecular weight is 1330 g/mol. The van der Waals surface area contributed by atoms with Gasteiger partial charge in [0, 0.05) is 41.8 Å². The molecule has 2 aromatic heterocycles. The van der Waals surface area contributed by atoms with E-state index < -0.39 is 0 Å². The molecule has 100 heavy (non-hydrogen) atoms. The van der Waals surface area contributed by atoms with Gasteiger partial charge in [-0.1, -0.05) is 332 Å². The van der Waals surface area contributed by atoms with Gasteiger partial charge in [-0.2, -0.15) is 0 Å². The highest BCUT2D eigenvalue weighted by Gasteiger charge is 2.44. The summed E-state index contributed by atoms with van der Waals surface area (Å²) in [6.45, 7) is 13.9. The fourth-order valence-corrected chi connectivity index (χ4v) is 18.9. The second kappa shape index (κ2) is 31.9. The number of hydrogen-bond donors (Lipinski definition) is 0. The molecule has 1 nitrogen and oxygen atoms in total. The molecule has 0 aliphatic heterocycles. The molecule has 2 heteroatoms. The molecule has 14 rings (SSSR count). The average Bonchev–Trinajstić information content (AvgIpc) is 1.57. The zero-order valence-corrected chi connectivity index (χ0v) is 62.1. The van der Waals surface area contributed by atoms with Crippen LogP contribution in [-0.4, -0.2) is 0 Å². The van der Waals surface area contributed by atoms with E-state index in [9.17, 15) is 0 Å². The third-order valence-electron chi connectivity index (χ3n) is 23.4. The maximum absolute atomic E-state index is 6.48. The summed E-state index contributed by atoms with van der Waals surface area (Å²) in [4.78, 5) is 0. The maximum Gasteiger partial charge on any atom is 0.136 e. The standard InChI is InChI=1S/C98H108OS/c1-7-11-15-19-23-29-55-97(56-30-24-20-16-12-8-2)89-59-70(6)37-50-81(89)82-52-47-76(65-91(82)97)79-60-78(74-49-54-95-87(63-74)88-67-86-85-33-27-28-34-93(85)99-94(86)68-96(88)100-95)61-80(62-79)77-48-53-84-83-51-46-75(73-44-42-72(43-45-73)41-40-71-38-35-69(5)36-39-71)64-90(83)98(92(84)66-77,57-31-25-21-17-13-9-3)58-32-26-22-18-14-10-4/h27-28,33-54,59-68H,7-26,29-32,55-58H2,1-6H3/b41-40+. The quantitative estimate of drug-likeness (QED) is 0.0289. The van der Waals surface area contributed by atoms with Gasteiger partial charge in [0.1, 0.15) is 11.2 Å². The number of rotatable bonds is 34. The van der Waals surface area contributed by atoms with Gasteiger partial charge in [-0.15, -0.1) is 11.3 Å². The number of aryl methyl sites for hydroxylation is 2. The Hall–Kier alpha value is -8.04. The molecule has 2 aliphatic rings. The monoisotopic (exact) mass is 1330 g/mol. The molecule has 0 radical (unpaired) electrons. The van der Waals surface area contributed by atoms with E-state index in [0.29, 0.717) is 0 Å². The van der Waals surface area contributed by atoms with Crippen LogP contribution in [0.5, 0.6) is 0 Å². The highest BCUT2D eigenvalue weighted by molar-refractivity contribution is 7.25. The van der Waals surface area contributed by atoms with Crippen LogP contribution in [0.25, 0.3) is 121 Å². The van der Waals surface area contributed by atoms with Crippen LogP contribution >= 0.6 is 11.3 Å². The molecule has 0 saturated heterocycles. The van der Waals surface area contributed by atoms with E-state index in [1.165, 1.54) is 300 Å². The van der Waals surface area contributed by atoms with Gasteiger partial charge < -0.3 is 4.42 Å². The van der Waals surface area contributed by atoms with E-state index in [0.717, 1.165) is 11.2 Å². The summed E-state index contributed by atoms with van der Waals surface area (Å²) in [5.41, 5.74) is 29.3. The normalized spacial score (nSPS) is 13.5. The van der Waals surface area contributed by atoms with Crippen LogP contribution < -0.4 is 0 Å². The first-order valence-corrected chi connectivity index (χ1v) is 40.3. The molecule has 0 saturated carbocycles. The number of fused-ring (bicyclic) bond motifs is 12. The Morgan fingerprint density at radius 3 is 1.15 bits per heavy atom. The van der Waals surface area contributed by atoms with Crippen molar-refractivity contribution >= 4 is 65.6 Å². The van der Waals surface area contributed by atoms with Gasteiger partial charge in [-0.25, -0.2) is 0 Å². The second-order valence-corrected chi connectivity index (χ2v) is 31.6. The Balaban J connectivity index is 0.912. The Kier molecular flexibility index (Phi) is 22.0. The van der Waals surface area contributed by atoms with E-state index in [2.05, 4.69) is 248 Å². The predicted octanol–water partition coefficient (Wildman–Crippen LogP) is 30.9. The van der Waals surface area contributed by atoms with Gasteiger partial charge in [0.2, 0.25) is 0 Å². The van der Waals surface area contributed by atoms with Crippen molar-refractivity contribution in [1.29, 1.82) is 0 Å². The number of benzene rings is 10. The van der Waals surface area contributed by atoms with Crippen molar-refractivity contribution in [3.63, 3.8) is 0 Å². The molecular weight excluding hydrogens is 1230 g/mol. The number of thiophene rings is 1. The van der Waals surface area contributed by atoms with Gasteiger partial charge in [-0.05, 0) is 206 Å². The van der Waals surface area contributed by atoms with Crippen LogP contribution in [0.15, 0.2) is 199 Å². The number of para-hydroxylation sites is 1. The van der Waals surface area contributed by atoms with Crippen molar-refractivity contribution in [2.45, 2.75) is 232 Å². The zero-order chi connectivity index (χ0) is 68.4. The summed E-state index contributed by atoms with van der Waals surface area (Å²) >= 11 is 1.88. The first-order valence-electron chi connectivity index (χ1n) is 39.5. The van der Waals surface area contributed by atoms with Crippen LogP contribution in [0.1, 0.15) is 252 Å². The van der Waals surface area contributed by atoms with E-state index in [4.69, 9.17) is 4.42 Å². The Morgan fingerprint density at radius 2 is 0.660 bits per heavy atom. The third kappa shape index (κ3) is 14.6. The van der Waals surface area contributed by atoms with Crippen molar-refractivity contribution in [3.05, 3.63) is 239 Å². The van der Waals surface area contributed by atoms with Crippen molar-refractivity contribution in [3.8, 4) is 66.8 Å². The molecule has 0 atom stereocenters. The van der Waals surface area contributed by atoms with E-state index in [1.807, 2.05) is 11.3 Å². The lowest BCUT2D eigenvalue weighted by Gasteiger charge is -2.33. The van der Waals surface area contributed by atoms with Gasteiger partial charge >= 0.3 is 0 Å². The highest BCUT2D eigenvalue weighted by Crippen LogP contribution is 2.58. The lowest BCUT2D eigenvalue weighted by atomic mass is 9.69. The minimum Gasteiger partial charge on any atom is -0.456 e. The van der Waals surface area contributed by atoms with Gasteiger partial charge in [0.05, 0.1) is 0 Å². The summed E-state index contributed by atoms with van der Waals surface area (Å²) in [7, 11) is 0. The highest BCUT2D eigenvalue weighted by atomic mass is 32.1. The summed E-state index contributed by atoms with van der Waals surface area (Å²) in [6.07, 6.45) is 40.5. The van der Waals surface area contributed by atoms with Gasteiger partial charge in [0.25, 0.3) is 0 Å². The lowest BCUT2D eigenvalue weighted by molar-refractivity contribution is 0.398. The molecule has 0 amide bonds. The van der Waals surface area contributed by atoms with Crippen LogP contribution in [-0.2, 0) is 10.8 Å². The topological polar surface area (TPSA) is 13.1 Å². The number of unbranched alkanes of at least 4 members (excludes halogenated alkanes) is 20. The van der Waals surface area contributed by atoms with Crippen molar-refractivity contribution in [2.24, 2.45) is 0 Å². The van der Waals surface area contributed by atoms with E-state index >= 15 is 0 Å². The molecule has 0 bridgehead atoms. The van der Waals surface area contributed by atoms with Crippen molar-refractivity contribution in [2.75, 3.05) is 0 Å². The van der Waals surface area contributed by atoms with Crippen LogP contribution in [0, 0.1) is 13.8 Å². The molecule has 2 aliphatic carbocycles. The molecule has 0 spiro atoms. The maximum atomic E-state index is 6.48. The SMILES string of the molecule is CCCCCCCCC1(CCCCCCCC)c2cc(C)ccc2-c2ccc(-c3cc(-c4ccc5c(c4)C(CCCCCCCC)(CCCCCCCC)c4cc(-c6ccc(/C=C/c7ccc(C)cc7)cc6)ccc4-5)cc(-c4ccc5sc6cc7oc8ccccc8c7cc6c5c4)c3)cc21. The minimum absolute atomic E-state index is 0.0215. The molecule has 10 aromatic carbocycles. The van der Waals surface area contributed by atoms with Crippen molar-refractivity contribution < 1.29 is 4.42 Å². The summed E-state index contributed by atoms with van der Waals surface area (Å²) < 4.78 is 9.06. The molecule has 512 valence electrons. The van der Waals surface area contributed by atoms with Crippen LogP contribution in [0.4, 0.5) is 0 Å².